The van der Waals surface area contributed by atoms with Crippen LogP contribution in [0.3, 0.4) is 0 Å². The Labute approximate surface area is 227 Å². The molecule has 0 spiro atoms. The normalized spacial score (nSPS) is 17.3. The van der Waals surface area contributed by atoms with Gasteiger partial charge in [-0.05, 0) is 6.07 Å². The number of carbonyl (C=O) groups is 3. The molecule has 2 saturated heterocycles. The monoisotopic (exact) mass is 568 g/mol. The van der Waals surface area contributed by atoms with E-state index in [1.54, 1.807) is 0 Å². The molecule has 2 aliphatic rings. The average molecular weight is 569 g/mol. The van der Waals surface area contributed by atoms with Crippen molar-refractivity contribution in [3.8, 4) is 0 Å². The van der Waals surface area contributed by atoms with Gasteiger partial charge in [-0.2, -0.15) is 0 Å². The van der Waals surface area contributed by atoms with Gasteiger partial charge in [0.05, 0.1) is 40.8 Å². The van der Waals surface area contributed by atoms with Crippen LogP contribution in [0.2, 0.25) is 5.02 Å². The third-order valence-electron chi connectivity index (χ3n) is 6.00. The summed E-state index contributed by atoms with van der Waals surface area (Å²) >= 11 is 6.08. The number of non-ortho nitro benzene ring substituents is 1. The molecule has 0 bridgehead atoms. The summed E-state index contributed by atoms with van der Waals surface area (Å²) in [5.74, 6) is -2.77. The Kier molecular flexibility index (Phi) is 9.24. The highest BCUT2D eigenvalue weighted by atomic mass is 35.5. The van der Waals surface area contributed by atoms with Crippen LogP contribution in [-0.2, 0) is 9.53 Å². The fourth-order valence-electron chi connectivity index (χ4n) is 4.17. The highest BCUT2D eigenvalue weighted by Crippen LogP contribution is 2.31. The molecule has 3 amide bonds. The minimum atomic E-state index is -0.917. The van der Waals surface area contributed by atoms with Gasteiger partial charge in [-0.1, -0.05) is 19.0 Å². The number of hydrogen-bond donors (Lipinski definition) is 2. The maximum Gasteiger partial charge on any atom is 0.414 e. The van der Waals surface area contributed by atoms with Gasteiger partial charge in [0.1, 0.15) is 11.8 Å². The fraction of sp³-hybridized carbons (Fsp3) is 0.375. The first kappa shape index (κ1) is 29.5. The van der Waals surface area contributed by atoms with Crippen molar-refractivity contribution >= 4 is 46.6 Å². The molecule has 4 rings (SSSR count). The maximum atomic E-state index is 15.2. The number of halogens is 3. The Morgan fingerprint density at radius 2 is 1.90 bits per heavy atom. The molecular weight excluding hydrogens is 542 g/mol. The van der Waals surface area contributed by atoms with Crippen molar-refractivity contribution in [2.24, 2.45) is 0 Å². The summed E-state index contributed by atoms with van der Waals surface area (Å²) in [5.41, 5.74) is 2.09. The Hall–Kier alpha value is -4.04. The second-order valence-corrected chi connectivity index (χ2v) is 8.99. The van der Waals surface area contributed by atoms with Crippen molar-refractivity contribution in [2.75, 3.05) is 49.1 Å². The maximum absolute atomic E-state index is 15.2. The number of anilines is 2. The quantitative estimate of drug-likeness (QED) is 0.401. The molecule has 2 aromatic carbocycles. The predicted molar refractivity (Wildman–Crippen MR) is 139 cm³/mol. The Bertz CT molecular complexity index is 1270. The van der Waals surface area contributed by atoms with Gasteiger partial charge in [0.25, 0.3) is 11.6 Å². The number of ether oxygens (including phenoxy) is 1. The van der Waals surface area contributed by atoms with Gasteiger partial charge >= 0.3 is 6.09 Å². The number of hydrazine groups is 1. The van der Waals surface area contributed by atoms with Crippen molar-refractivity contribution in [1.82, 2.24) is 15.8 Å². The van der Waals surface area contributed by atoms with E-state index in [0.29, 0.717) is 0 Å². The van der Waals surface area contributed by atoms with E-state index in [0.717, 1.165) is 23.1 Å². The summed E-state index contributed by atoms with van der Waals surface area (Å²) in [5, 5.41) is 14.8. The molecule has 0 aliphatic carbocycles. The van der Waals surface area contributed by atoms with E-state index in [9.17, 15) is 24.5 Å². The number of carbonyl (C=O) groups excluding carboxylic acids is 3. The van der Waals surface area contributed by atoms with E-state index in [1.807, 2.05) is 0 Å². The standard InChI is InChI=1S/C23H23ClF2N6O6.CH4/c1-13(33)27-11-16-12-30(23(35)38-16)15-9-19(25)21(20(26)10-15)29-5-4-28-31(7-6-29)22(34)17-8-14(32(36)37)2-3-18(17)24;/h2-3,8-10,16,28H,4-7,11-12H2,1H3,(H,27,33);1H4/t16-;/m0./s1. The molecule has 1 atom stereocenters. The first-order valence-corrected chi connectivity index (χ1v) is 11.9. The minimum absolute atomic E-state index is 0. The summed E-state index contributed by atoms with van der Waals surface area (Å²) in [6.45, 7) is 1.66. The summed E-state index contributed by atoms with van der Waals surface area (Å²) in [6.07, 6.45) is -1.46. The summed E-state index contributed by atoms with van der Waals surface area (Å²) in [4.78, 5) is 49.2. The molecule has 2 aromatic rings. The van der Waals surface area contributed by atoms with E-state index in [4.69, 9.17) is 16.3 Å². The molecule has 0 unspecified atom stereocenters. The van der Waals surface area contributed by atoms with Gasteiger partial charge in [-0.15, -0.1) is 0 Å². The van der Waals surface area contributed by atoms with Gasteiger partial charge in [0, 0.05) is 50.8 Å². The number of nitrogens with zero attached hydrogens (tertiary/aromatic N) is 4. The van der Waals surface area contributed by atoms with Gasteiger partial charge in [-0.3, -0.25) is 29.6 Å². The topological polar surface area (TPSA) is 137 Å². The number of hydrogen-bond acceptors (Lipinski definition) is 8. The van der Waals surface area contributed by atoms with E-state index in [2.05, 4.69) is 10.7 Å². The summed E-state index contributed by atoms with van der Waals surface area (Å²) in [6, 6.07) is 5.53. The van der Waals surface area contributed by atoms with Gasteiger partial charge in [0.2, 0.25) is 5.91 Å². The van der Waals surface area contributed by atoms with Gasteiger partial charge in [-0.25, -0.2) is 19.0 Å². The molecule has 2 aliphatic heterocycles. The van der Waals surface area contributed by atoms with Crippen LogP contribution >= 0.6 is 11.6 Å². The first-order valence-electron chi connectivity index (χ1n) is 11.5. The van der Waals surface area contributed by atoms with Crippen LogP contribution in [0.4, 0.5) is 30.6 Å². The first-order chi connectivity index (χ1) is 18.0. The zero-order chi connectivity index (χ0) is 27.6. The third-order valence-corrected chi connectivity index (χ3v) is 6.33. The van der Waals surface area contributed by atoms with Crippen LogP contribution in [0.25, 0.3) is 0 Å². The average Bonchev–Trinajstić information content (AvgIpc) is 3.06. The van der Waals surface area contributed by atoms with Crippen LogP contribution in [-0.4, -0.2) is 73.2 Å². The fourth-order valence-corrected chi connectivity index (χ4v) is 4.37. The zero-order valence-electron chi connectivity index (χ0n) is 20.1. The van der Waals surface area contributed by atoms with E-state index >= 15 is 8.78 Å². The number of nitro groups is 1. The van der Waals surface area contributed by atoms with Crippen LogP contribution in [0.15, 0.2) is 30.3 Å². The van der Waals surface area contributed by atoms with Gasteiger partial charge in [0.15, 0.2) is 11.6 Å². The van der Waals surface area contributed by atoms with Gasteiger partial charge < -0.3 is 15.0 Å². The van der Waals surface area contributed by atoms with Crippen molar-refractivity contribution in [3.63, 3.8) is 0 Å². The lowest BCUT2D eigenvalue weighted by Gasteiger charge is -2.25. The zero-order valence-corrected chi connectivity index (χ0v) is 20.8. The Balaban J connectivity index is 0.00000420. The highest BCUT2D eigenvalue weighted by Gasteiger charge is 2.34. The lowest BCUT2D eigenvalue weighted by Crippen LogP contribution is -2.43. The van der Waals surface area contributed by atoms with Crippen LogP contribution in [0, 0.1) is 21.7 Å². The smallest absolute Gasteiger partial charge is 0.414 e. The Morgan fingerprint density at radius 1 is 1.21 bits per heavy atom. The SMILES string of the molecule is C.CC(=O)NC[C@H]1CN(c2cc(F)c(N3CCNN(C(=O)c4cc([N+](=O)[O-])ccc4Cl)CC3)c(F)c2)C(=O)O1. The molecular formula is C24H27ClF2N6O6. The molecule has 0 saturated carbocycles. The Morgan fingerprint density at radius 3 is 2.54 bits per heavy atom. The second-order valence-electron chi connectivity index (χ2n) is 8.58. The molecule has 12 nitrogen and oxygen atoms in total. The predicted octanol–water partition coefficient (Wildman–Crippen LogP) is 3.09. The summed E-state index contributed by atoms with van der Waals surface area (Å²) < 4.78 is 35.5. The number of nitro benzene ring substituents is 1. The number of nitrogens with one attached hydrogen (secondary N) is 2. The summed E-state index contributed by atoms with van der Waals surface area (Å²) in [7, 11) is 0. The van der Waals surface area contributed by atoms with Crippen LogP contribution in [0.5, 0.6) is 0 Å². The number of benzene rings is 2. The molecule has 2 heterocycles. The lowest BCUT2D eigenvalue weighted by atomic mass is 10.2. The van der Waals surface area contributed by atoms with E-state index < -0.39 is 34.7 Å². The molecule has 39 heavy (non-hydrogen) atoms. The lowest BCUT2D eigenvalue weighted by molar-refractivity contribution is -0.384. The van der Waals surface area contributed by atoms with Crippen molar-refractivity contribution in [3.05, 3.63) is 62.7 Å². The molecule has 15 heteroatoms. The largest absolute Gasteiger partial charge is 0.442 e. The molecule has 210 valence electrons. The van der Waals surface area contributed by atoms with Crippen molar-refractivity contribution in [2.45, 2.75) is 20.5 Å². The third kappa shape index (κ3) is 6.52. The van der Waals surface area contributed by atoms with Crippen molar-refractivity contribution in [1.29, 1.82) is 0 Å². The second kappa shape index (κ2) is 12.2. The van der Waals surface area contributed by atoms with E-state index in [1.165, 1.54) is 29.0 Å². The number of amides is 3. The van der Waals surface area contributed by atoms with Crippen molar-refractivity contribution < 1.29 is 32.8 Å². The van der Waals surface area contributed by atoms with Crippen LogP contribution in [0.1, 0.15) is 24.7 Å². The number of cyclic esters (lactones) is 1. The molecule has 2 fully saturated rings. The molecule has 0 aromatic heterocycles. The highest BCUT2D eigenvalue weighted by molar-refractivity contribution is 6.33. The molecule has 2 N–H and O–H groups in total. The van der Waals surface area contributed by atoms with Crippen LogP contribution < -0.4 is 20.5 Å². The molecule has 0 radical (unpaired) electrons. The van der Waals surface area contributed by atoms with E-state index in [-0.39, 0.29) is 80.3 Å². The number of rotatable bonds is 6. The minimum Gasteiger partial charge on any atom is -0.442 e.